The highest BCUT2D eigenvalue weighted by Gasteiger charge is 2.14. The Morgan fingerprint density at radius 2 is 1.83 bits per heavy atom. The average Bonchev–Trinajstić information content (AvgIpc) is 2.43. The predicted molar refractivity (Wildman–Crippen MR) is 92.7 cm³/mol. The molecule has 0 aromatic heterocycles. The highest BCUT2D eigenvalue weighted by Crippen LogP contribution is 2.11. The second-order valence-corrected chi connectivity index (χ2v) is 6.53. The highest BCUT2D eigenvalue weighted by atomic mass is 16.6. The number of hydrogen-bond donors (Lipinski definition) is 3. The number of phenolic OH excluding ortho intramolecular Hbond substituents is 1. The van der Waals surface area contributed by atoms with Crippen molar-refractivity contribution < 1.29 is 14.6 Å². The van der Waals surface area contributed by atoms with Crippen LogP contribution in [0.3, 0.4) is 0 Å². The summed E-state index contributed by atoms with van der Waals surface area (Å²) in [4.78, 5) is 11.4. The van der Waals surface area contributed by atoms with Crippen molar-refractivity contribution in [3.63, 3.8) is 0 Å². The highest BCUT2D eigenvalue weighted by molar-refractivity contribution is 5.67. The molecule has 5 heteroatoms. The van der Waals surface area contributed by atoms with E-state index in [2.05, 4.69) is 17.6 Å². The summed E-state index contributed by atoms with van der Waals surface area (Å²) < 4.78 is 5.14. The Labute approximate surface area is 138 Å². The number of hydrogen-bond acceptors (Lipinski definition) is 4. The molecular formula is C18H28N2O3. The van der Waals surface area contributed by atoms with Crippen LogP contribution in [0.5, 0.6) is 5.75 Å². The van der Waals surface area contributed by atoms with Gasteiger partial charge >= 0.3 is 6.09 Å². The van der Waals surface area contributed by atoms with Gasteiger partial charge in [0.2, 0.25) is 0 Å². The van der Waals surface area contributed by atoms with Gasteiger partial charge in [-0.3, -0.25) is 0 Å². The summed E-state index contributed by atoms with van der Waals surface area (Å²) in [5.74, 6) is 0.287. The molecule has 23 heavy (non-hydrogen) atoms. The molecule has 0 saturated carbocycles. The third-order valence-corrected chi connectivity index (χ3v) is 2.99. The molecule has 0 radical (unpaired) electrons. The van der Waals surface area contributed by atoms with Crippen LogP contribution in [0.4, 0.5) is 4.79 Å². The van der Waals surface area contributed by atoms with Crippen LogP contribution in [0.2, 0.25) is 0 Å². The minimum Gasteiger partial charge on any atom is -0.508 e. The second-order valence-electron chi connectivity index (χ2n) is 6.53. The number of alkyl carbamates (subject to hydrolysis) is 1. The number of phenols is 1. The van der Waals surface area contributed by atoms with Crippen molar-refractivity contribution in [3.05, 3.63) is 42.0 Å². The molecule has 1 aromatic carbocycles. The van der Waals surface area contributed by atoms with E-state index < -0.39 is 11.7 Å². The van der Waals surface area contributed by atoms with Crippen molar-refractivity contribution in [2.24, 2.45) is 0 Å². The number of rotatable bonds is 7. The smallest absolute Gasteiger partial charge is 0.407 e. The van der Waals surface area contributed by atoms with E-state index in [-0.39, 0.29) is 5.75 Å². The first kappa shape index (κ1) is 19.0. The van der Waals surface area contributed by atoms with Crippen LogP contribution in [0.1, 0.15) is 33.3 Å². The van der Waals surface area contributed by atoms with Crippen molar-refractivity contribution >= 4 is 6.09 Å². The third-order valence-electron chi connectivity index (χ3n) is 2.99. The van der Waals surface area contributed by atoms with Crippen molar-refractivity contribution in [1.29, 1.82) is 0 Å². The van der Waals surface area contributed by atoms with Gasteiger partial charge in [0.25, 0.3) is 0 Å². The first-order chi connectivity index (χ1) is 10.8. The SMILES string of the molecule is CC(Cc1ccc(O)cc1)NC/C=C/CNC(=O)OC(C)(C)C. The molecule has 1 atom stereocenters. The normalized spacial score (nSPS) is 13.0. The zero-order valence-corrected chi connectivity index (χ0v) is 14.4. The molecule has 0 aliphatic heterocycles. The maximum atomic E-state index is 11.4. The van der Waals surface area contributed by atoms with Gasteiger partial charge in [-0.25, -0.2) is 4.79 Å². The van der Waals surface area contributed by atoms with E-state index in [4.69, 9.17) is 4.74 Å². The summed E-state index contributed by atoms with van der Waals surface area (Å²) in [6, 6.07) is 7.57. The summed E-state index contributed by atoms with van der Waals surface area (Å²) in [7, 11) is 0. The molecule has 0 bridgehead atoms. The Morgan fingerprint density at radius 1 is 1.22 bits per heavy atom. The molecule has 1 unspecified atom stereocenters. The molecule has 0 aliphatic rings. The molecule has 1 rings (SSSR count). The maximum Gasteiger partial charge on any atom is 0.407 e. The van der Waals surface area contributed by atoms with E-state index in [9.17, 15) is 9.90 Å². The molecule has 0 spiro atoms. The minimum absolute atomic E-state index is 0.287. The quantitative estimate of drug-likeness (QED) is 0.676. The third kappa shape index (κ3) is 9.58. The van der Waals surface area contributed by atoms with Crippen LogP contribution >= 0.6 is 0 Å². The molecule has 0 fully saturated rings. The first-order valence-corrected chi connectivity index (χ1v) is 7.89. The monoisotopic (exact) mass is 320 g/mol. The standard InChI is InChI=1S/C18H28N2O3/c1-14(13-15-7-9-16(21)10-8-15)19-11-5-6-12-20-17(22)23-18(2,3)4/h5-10,14,19,21H,11-13H2,1-4H3,(H,20,22)/b6-5+. The van der Waals surface area contributed by atoms with Gasteiger partial charge in [0.05, 0.1) is 0 Å². The zero-order chi connectivity index (χ0) is 17.3. The fraction of sp³-hybridized carbons (Fsp3) is 0.500. The van der Waals surface area contributed by atoms with Gasteiger partial charge in [0.1, 0.15) is 11.4 Å². The fourth-order valence-corrected chi connectivity index (χ4v) is 1.95. The van der Waals surface area contributed by atoms with E-state index in [0.717, 1.165) is 13.0 Å². The summed E-state index contributed by atoms with van der Waals surface area (Å²) in [6.07, 6.45) is 4.36. The molecule has 1 amide bonds. The van der Waals surface area contributed by atoms with Crippen LogP contribution in [-0.4, -0.2) is 35.9 Å². The molecule has 0 saturated heterocycles. The Kier molecular flexibility index (Phi) is 7.62. The first-order valence-electron chi connectivity index (χ1n) is 7.89. The van der Waals surface area contributed by atoms with E-state index in [1.165, 1.54) is 5.56 Å². The molecule has 0 heterocycles. The molecule has 3 N–H and O–H groups in total. The molecular weight excluding hydrogens is 292 g/mol. The number of carbonyl (C=O) groups is 1. The average molecular weight is 320 g/mol. The number of benzene rings is 1. The van der Waals surface area contributed by atoms with Gasteiger partial charge < -0.3 is 20.5 Å². The lowest BCUT2D eigenvalue weighted by molar-refractivity contribution is 0.0534. The van der Waals surface area contributed by atoms with Gasteiger partial charge in [-0.2, -0.15) is 0 Å². The van der Waals surface area contributed by atoms with Crippen LogP contribution in [0, 0.1) is 0 Å². The molecule has 128 valence electrons. The number of nitrogens with one attached hydrogen (secondary N) is 2. The van der Waals surface area contributed by atoms with Crippen molar-refractivity contribution in [2.45, 2.75) is 45.8 Å². The van der Waals surface area contributed by atoms with E-state index >= 15 is 0 Å². The lowest BCUT2D eigenvalue weighted by Gasteiger charge is -2.19. The maximum absolute atomic E-state index is 11.4. The summed E-state index contributed by atoms with van der Waals surface area (Å²) in [5.41, 5.74) is 0.706. The Bertz CT molecular complexity index is 504. The van der Waals surface area contributed by atoms with Crippen LogP contribution in [-0.2, 0) is 11.2 Å². The molecule has 5 nitrogen and oxygen atoms in total. The fourth-order valence-electron chi connectivity index (χ4n) is 1.95. The minimum atomic E-state index is -0.473. The van der Waals surface area contributed by atoms with Gasteiger partial charge in [-0.1, -0.05) is 24.3 Å². The molecule has 0 aliphatic carbocycles. The van der Waals surface area contributed by atoms with E-state index in [1.807, 2.05) is 45.1 Å². The second kappa shape index (κ2) is 9.20. The van der Waals surface area contributed by atoms with Crippen molar-refractivity contribution in [1.82, 2.24) is 10.6 Å². The Morgan fingerprint density at radius 3 is 2.43 bits per heavy atom. The van der Waals surface area contributed by atoms with Crippen molar-refractivity contribution in [2.75, 3.05) is 13.1 Å². The van der Waals surface area contributed by atoms with Gasteiger partial charge in [-0.15, -0.1) is 0 Å². The topological polar surface area (TPSA) is 70.6 Å². The number of aromatic hydroxyl groups is 1. The van der Waals surface area contributed by atoms with Gasteiger partial charge in [0.15, 0.2) is 0 Å². The predicted octanol–water partition coefficient (Wildman–Crippen LogP) is 2.99. The zero-order valence-electron chi connectivity index (χ0n) is 14.4. The summed E-state index contributed by atoms with van der Waals surface area (Å²) >= 11 is 0. The Hall–Kier alpha value is -2.01. The lowest BCUT2D eigenvalue weighted by Crippen LogP contribution is -2.32. The van der Waals surface area contributed by atoms with Crippen LogP contribution in [0.25, 0.3) is 0 Å². The Balaban J connectivity index is 2.15. The number of carbonyl (C=O) groups excluding carboxylic acids is 1. The number of amides is 1. The van der Waals surface area contributed by atoms with E-state index in [0.29, 0.717) is 12.6 Å². The van der Waals surface area contributed by atoms with Gasteiger partial charge in [-0.05, 0) is 51.8 Å². The van der Waals surface area contributed by atoms with E-state index in [1.54, 1.807) is 12.1 Å². The summed E-state index contributed by atoms with van der Waals surface area (Å²) in [5, 5.41) is 15.3. The van der Waals surface area contributed by atoms with Crippen LogP contribution in [0.15, 0.2) is 36.4 Å². The van der Waals surface area contributed by atoms with Crippen molar-refractivity contribution in [3.8, 4) is 5.75 Å². The van der Waals surface area contributed by atoms with Crippen LogP contribution < -0.4 is 10.6 Å². The van der Waals surface area contributed by atoms with Gasteiger partial charge in [0, 0.05) is 19.1 Å². The largest absolute Gasteiger partial charge is 0.508 e. The number of ether oxygens (including phenoxy) is 1. The molecule has 1 aromatic rings. The lowest BCUT2D eigenvalue weighted by atomic mass is 10.1. The summed E-state index contributed by atoms with van der Waals surface area (Å²) in [6.45, 7) is 8.79.